The van der Waals surface area contributed by atoms with Gasteiger partial charge in [0.2, 0.25) is 0 Å². The van der Waals surface area contributed by atoms with Crippen LogP contribution in [0.4, 0.5) is 5.69 Å². The fourth-order valence-electron chi connectivity index (χ4n) is 2.36. The van der Waals surface area contributed by atoms with E-state index in [1.807, 2.05) is 19.1 Å². The summed E-state index contributed by atoms with van der Waals surface area (Å²) in [6.45, 7) is 2.19. The van der Waals surface area contributed by atoms with Crippen molar-refractivity contribution in [1.82, 2.24) is 4.31 Å². The number of hydrogen-bond acceptors (Lipinski definition) is 3. The normalized spacial score (nSPS) is 21.3. The van der Waals surface area contributed by atoms with Crippen molar-refractivity contribution in [3.8, 4) is 0 Å². The number of nitrogens with zero attached hydrogens (tertiary/aromatic N) is 1. The van der Waals surface area contributed by atoms with Crippen LogP contribution in [-0.2, 0) is 10.2 Å². The summed E-state index contributed by atoms with van der Waals surface area (Å²) < 4.78 is 28.7. The Balaban J connectivity index is 2.20. The van der Waals surface area contributed by atoms with Crippen molar-refractivity contribution in [3.63, 3.8) is 0 Å². The molecule has 106 valence electrons. The maximum Gasteiger partial charge on any atom is 0.301 e. The molecule has 0 aromatic heterocycles. The Morgan fingerprint density at radius 3 is 2.79 bits per heavy atom. The highest BCUT2D eigenvalue weighted by Gasteiger charge is 2.31. The first-order valence-corrected chi connectivity index (χ1v) is 7.94. The van der Waals surface area contributed by atoms with Gasteiger partial charge in [0.1, 0.15) is 0 Å². The monoisotopic (exact) mass is 284 g/mol. The van der Waals surface area contributed by atoms with Gasteiger partial charge in [0.15, 0.2) is 0 Å². The summed E-state index contributed by atoms with van der Waals surface area (Å²) in [5, 5.41) is 9.31. The molecule has 1 atom stereocenters. The molecule has 1 aliphatic rings. The number of aliphatic hydroxyl groups is 1. The second-order valence-electron chi connectivity index (χ2n) is 4.86. The van der Waals surface area contributed by atoms with E-state index in [-0.39, 0.29) is 12.6 Å². The van der Waals surface area contributed by atoms with Gasteiger partial charge in [-0.3, -0.25) is 4.72 Å². The summed E-state index contributed by atoms with van der Waals surface area (Å²) in [6, 6.07) is 6.95. The minimum atomic E-state index is -3.60. The zero-order valence-corrected chi connectivity index (χ0v) is 11.9. The first kappa shape index (κ1) is 14.3. The summed E-state index contributed by atoms with van der Waals surface area (Å²) in [4.78, 5) is 0. The summed E-state index contributed by atoms with van der Waals surface area (Å²) >= 11 is 0. The molecule has 2 rings (SSSR count). The van der Waals surface area contributed by atoms with Crippen molar-refractivity contribution in [2.45, 2.75) is 32.2 Å². The summed E-state index contributed by atoms with van der Waals surface area (Å²) in [5.74, 6) is 0. The average molecular weight is 284 g/mol. The van der Waals surface area contributed by atoms with Crippen molar-refractivity contribution in [1.29, 1.82) is 0 Å². The molecule has 0 bridgehead atoms. The van der Waals surface area contributed by atoms with Crippen LogP contribution in [0.2, 0.25) is 0 Å². The number of aliphatic hydroxyl groups excluding tert-OH is 1. The van der Waals surface area contributed by atoms with E-state index in [4.69, 9.17) is 0 Å². The van der Waals surface area contributed by atoms with Gasteiger partial charge < -0.3 is 5.11 Å². The molecule has 1 aromatic rings. The third-order valence-corrected chi connectivity index (χ3v) is 5.05. The number of nitrogens with one attached hydrogen (secondary N) is 1. The van der Waals surface area contributed by atoms with E-state index in [0.29, 0.717) is 18.7 Å². The summed E-state index contributed by atoms with van der Waals surface area (Å²) in [5.41, 5.74) is 1.47. The number of hydrogen-bond donors (Lipinski definition) is 2. The third-order valence-electron chi connectivity index (χ3n) is 3.48. The predicted molar refractivity (Wildman–Crippen MR) is 75.2 cm³/mol. The molecule has 6 heteroatoms. The lowest BCUT2D eigenvalue weighted by Gasteiger charge is -2.33. The molecule has 1 heterocycles. The molecular weight excluding hydrogens is 264 g/mol. The van der Waals surface area contributed by atoms with Gasteiger partial charge in [-0.05, 0) is 31.4 Å². The average Bonchev–Trinajstić information content (AvgIpc) is 2.41. The molecular formula is C13H20N2O3S. The molecule has 1 saturated heterocycles. The first-order valence-electron chi connectivity index (χ1n) is 6.50. The van der Waals surface area contributed by atoms with Crippen LogP contribution in [0.1, 0.15) is 24.8 Å². The van der Waals surface area contributed by atoms with E-state index >= 15 is 0 Å². The zero-order chi connectivity index (χ0) is 13.9. The molecule has 0 saturated carbocycles. The quantitative estimate of drug-likeness (QED) is 0.880. The third kappa shape index (κ3) is 3.26. The summed E-state index contributed by atoms with van der Waals surface area (Å²) in [6.07, 6.45) is 2.51. The molecule has 19 heavy (non-hydrogen) atoms. The van der Waals surface area contributed by atoms with Crippen LogP contribution in [0.5, 0.6) is 0 Å². The van der Waals surface area contributed by atoms with Gasteiger partial charge in [0, 0.05) is 12.6 Å². The predicted octanol–water partition coefficient (Wildman–Crippen LogP) is 1.50. The first-order chi connectivity index (χ1) is 9.04. The van der Waals surface area contributed by atoms with Gasteiger partial charge in [-0.25, -0.2) is 0 Å². The minimum Gasteiger partial charge on any atom is -0.395 e. The Morgan fingerprint density at radius 1 is 1.37 bits per heavy atom. The Bertz CT molecular complexity index is 530. The van der Waals surface area contributed by atoms with Crippen molar-refractivity contribution < 1.29 is 13.5 Å². The van der Waals surface area contributed by atoms with E-state index in [2.05, 4.69) is 4.72 Å². The molecule has 1 aromatic carbocycles. The molecule has 0 spiro atoms. The number of benzene rings is 1. The SMILES string of the molecule is Cc1ccccc1NS(=O)(=O)N1CCCCC1CO. The van der Waals surface area contributed by atoms with Gasteiger partial charge in [0.05, 0.1) is 12.3 Å². The van der Waals surface area contributed by atoms with Crippen LogP contribution in [0.15, 0.2) is 24.3 Å². The van der Waals surface area contributed by atoms with Gasteiger partial charge in [-0.15, -0.1) is 0 Å². The number of anilines is 1. The maximum atomic E-state index is 12.4. The highest BCUT2D eigenvalue weighted by Crippen LogP contribution is 2.23. The number of para-hydroxylation sites is 1. The highest BCUT2D eigenvalue weighted by atomic mass is 32.2. The van der Waals surface area contributed by atoms with Crippen LogP contribution in [0.3, 0.4) is 0 Å². The molecule has 1 unspecified atom stereocenters. The number of rotatable bonds is 4. The molecule has 0 radical (unpaired) electrons. The van der Waals surface area contributed by atoms with Crippen LogP contribution < -0.4 is 4.72 Å². The van der Waals surface area contributed by atoms with E-state index in [1.165, 1.54) is 4.31 Å². The molecule has 2 N–H and O–H groups in total. The van der Waals surface area contributed by atoms with Gasteiger partial charge in [0.25, 0.3) is 0 Å². The van der Waals surface area contributed by atoms with Crippen molar-refractivity contribution in [3.05, 3.63) is 29.8 Å². The van der Waals surface area contributed by atoms with E-state index in [9.17, 15) is 13.5 Å². The molecule has 0 aliphatic carbocycles. The van der Waals surface area contributed by atoms with Crippen LogP contribution >= 0.6 is 0 Å². The second kappa shape index (κ2) is 5.90. The molecule has 1 aliphatic heterocycles. The minimum absolute atomic E-state index is 0.130. The Labute approximate surface area is 114 Å². The second-order valence-corrected chi connectivity index (χ2v) is 6.49. The van der Waals surface area contributed by atoms with E-state index in [1.54, 1.807) is 12.1 Å². The van der Waals surface area contributed by atoms with Crippen molar-refractivity contribution >= 4 is 15.9 Å². The lowest BCUT2D eigenvalue weighted by atomic mass is 10.1. The standard InChI is InChI=1S/C13H20N2O3S/c1-11-6-2-3-8-13(11)14-19(17,18)15-9-5-4-7-12(15)10-16/h2-3,6,8,12,14,16H,4-5,7,9-10H2,1H3. The lowest BCUT2D eigenvalue weighted by Crippen LogP contribution is -2.47. The smallest absolute Gasteiger partial charge is 0.301 e. The van der Waals surface area contributed by atoms with Crippen LogP contribution in [0, 0.1) is 6.92 Å². The van der Waals surface area contributed by atoms with E-state index < -0.39 is 10.2 Å². The van der Waals surface area contributed by atoms with Gasteiger partial charge >= 0.3 is 10.2 Å². The van der Waals surface area contributed by atoms with Gasteiger partial charge in [-0.2, -0.15) is 12.7 Å². The highest BCUT2D eigenvalue weighted by molar-refractivity contribution is 7.90. The van der Waals surface area contributed by atoms with Crippen molar-refractivity contribution in [2.75, 3.05) is 17.9 Å². The molecule has 0 amide bonds. The maximum absolute atomic E-state index is 12.4. The fourth-order valence-corrected chi connectivity index (χ4v) is 3.92. The zero-order valence-electron chi connectivity index (χ0n) is 11.0. The van der Waals surface area contributed by atoms with E-state index in [0.717, 1.165) is 18.4 Å². The topological polar surface area (TPSA) is 69.6 Å². The largest absolute Gasteiger partial charge is 0.395 e. The number of aryl methyl sites for hydroxylation is 1. The molecule has 5 nitrogen and oxygen atoms in total. The van der Waals surface area contributed by atoms with Crippen LogP contribution in [-0.4, -0.2) is 37.0 Å². The van der Waals surface area contributed by atoms with Crippen molar-refractivity contribution in [2.24, 2.45) is 0 Å². The Kier molecular flexibility index (Phi) is 4.44. The molecule has 1 fully saturated rings. The van der Waals surface area contributed by atoms with Gasteiger partial charge in [-0.1, -0.05) is 24.6 Å². The fraction of sp³-hybridized carbons (Fsp3) is 0.538. The van der Waals surface area contributed by atoms with Crippen LogP contribution in [0.25, 0.3) is 0 Å². The lowest BCUT2D eigenvalue weighted by molar-refractivity contribution is 0.156. The number of piperidine rings is 1. The Morgan fingerprint density at radius 2 is 2.11 bits per heavy atom. The Hall–Kier alpha value is -1.11. The summed E-state index contributed by atoms with van der Waals surface area (Å²) in [7, 11) is -3.60.